The Labute approximate surface area is 164 Å². The molecule has 146 valence electrons. The van der Waals surface area contributed by atoms with Crippen LogP contribution in [0.2, 0.25) is 0 Å². The highest BCUT2D eigenvalue weighted by Crippen LogP contribution is 2.29. The second-order valence-corrected chi connectivity index (χ2v) is 6.57. The van der Waals surface area contributed by atoms with Gasteiger partial charge in [-0.1, -0.05) is 22.9 Å². The van der Waals surface area contributed by atoms with E-state index in [0.29, 0.717) is 22.9 Å². The van der Waals surface area contributed by atoms with Crippen molar-refractivity contribution in [1.29, 1.82) is 0 Å². The van der Waals surface area contributed by atoms with Gasteiger partial charge in [0.1, 0.15) is 11.5 Å². The van der Waals surface area contributed by atoms with E-state index in [4.69, 9.17) is 9.47 Å². The fraction of sp³-hybridized carbons (Fsp3) is 0.286. The smallest absolute Gasteiger partial charge is 0.274 e. The fourth-order valence-corrected chi connectivity index (χ4v) is 2.99. The van der Waals surface area contributed by atoms with Crippen molar-refractivity contribution < 1.29 is 14.3 Å². The van der Waals surface area contributed by atoms with Crippen molar-refractivity contribution in [2.75, 3.05) is 14.2 Å². The zero-order chi connectivity index (χ0) is 20.3. The van der Waals surface area contributed by atoms with Crippen molar-refractivity contribution in [3.8, 4) is 17.2 Å². The van der Waals surface area contributed by atoms with Crippen molar-refractivity contribution in [3.63, 3.8) is 0 Å². The predicted molar refractivity (Wildman–Crippen MR) is 106 cm³/mol. The Bertz CT molecular complexity index is 980. The number of aryl methyl sites for hydroxylation is 1. The monoisotopic (exact) mass is 380 g/mol. The molecule has 0 spiro atoms. The van der Waals surface area contributed by atoms with E-state index in [1.165, 1.54) is 0 Å². The zero-order valence-electron chi connectivity index (χ0n) is 16.7. The number of benzene rings is 2. The summed E-state index contributed by atoms with van der Waals surface area (Å²) in [5.41, 5.74) is 3.83. The summed E-state index contributed by atoms with van der Waals surface area (Å²) < 4.78 is 12.3. The lowest BCUT2D eigenvalue weighted by molar-refractivity contribution is 0.0933. The van der Waals surface area contributed by atoms with E-state index in [1.54, 1.807) is 25.0 Å². The molecular weight excluding hydrogens is 356 g/mol. The number of carbonyl (C=O) groups is 1. The van der Waals surface area contributed by atoms with Gasteiger partial charge in [0, 0.05) is 11.6 Å². The molecule has 3 rings (SSSR count). The van der Waals surface area contributed by atoms with Crippen LogP contribution in [-0.4, -0.2) is 35.1 Å². The van der Waals surface area contributed by atoms with Gasteiger partial charge >= 0.3 is 0 Å². The van der Waals surface area contributed by atoms with Crippen LogP contribution in [0.15, 0.2) is 42.5 Å². The van der Waals surface area contributed by atoms with Crippen molar-refractivity contribution in [1.82, 2.24) is 20.3 Å². The molecule has 0 aliphatic carbocycles. The van der Waals surface area contributed by atoms with E-state index in [0.717, 1.165) is 16.8 Å². The highest BCUT2D eigenvalue weighted by molar-refractivity contribution is 5.93. The summed E-state index contributed by atoms with van der Waals surface area (Å²) in [5, 5.41) is 11.2. The number of carbonyl (C=O) groups excluding carboxylic acids is 1. The summed E-state index contributed by atoms with van der Waals surface area (Å²) >= 11 is 0. The number of amides is 1. The number of hydrogen-bond acceptors (Lipinski definition) is 5. The first kappa shape index (κ1) is 19.4. The van der Waals surface area contributed by atoms with Gasteiger partial charge in [-0.2, -0.15) is 0 Å². The van der Waals surface area contributed by atoms with E-state index in [1.807, 2.05) is 57.2 Å². The highest BCUT2D eigenvalue weighted by Gasteiger charge is 2.21. The molecule has 1 heterocycles. The molecule has 1 amide bonds. The Hall–Kier alpha value is -3.35. The van der Waals surface area contributed by atoms with Crippen LogP contribution < -0.4 is 14.8 Å². The van der Waals surface area contributed by atoms with Gasteiger partial charge < -0.3 is 14.8 Å². The minimum Gasteiger partial charge on any atom is -0.497 e. The first-order chi connectivity index (χ1) is 13.4. The minimum absolute atomic E-state index is 0.280. The maximum absolute atomic E-state index is 12.8. The van der Waals surface area contributed by atoms with Crippen LogP contribution in [-0.2, 0) is 0 Å². The van der Waals surface area contributed by atoms with Crippen LogP contribution in [0.4, 0.5) is 0 Å². The molecule has 0 aliphatic heterocycles. The Balaban J connectivity index is 1.81. The molecule has 7 nitrogen and oxygen atoms in total. The van der Waals surface area contributed by atoms with Gasteiger partial charge in [-0.05, 0) is 45.0 Å². The van der Waals surface area contributed by atoms with Gasteiger partial charge in [0.2, 0.25) is 0 Å². The van der Waals surface area contributed by atoms with Crippen molar-refractivity contribution >= 4 is 5.91 Å². The number of hydrogen-bond donors (Lipinski definition) is 1. The highest BCUT2D eigenvalue weighted by atomic mass is 16.5. The SMILES string of the molecule is COc1ccc(C(C)NC(=O)c2nnn(-c3ccc(C)cc3)c2C)c(OC)c1. The molecular formula is C21H24N4O3. The molecule has 1 N–H and O–H groups in total. The Morgan fingerprint density at radius 1 is 1.07 bits per heavy atom. The molecule has 0 saturated carbocycles. The summed E-state index contributed by atoms with van der Waals surface area (Å²) in [7, 11) is 3.18. The first-order valence-electron chi connectivity index (χ1n) is 8.96. The molecule has 1 aromatic heterocycles. The molecule has 7 heteroatoms. The Morgan fingerprint density at radius 2 is 1.79 bits per heavy atom. The van der Waals surface area contributed by atoms with Gasteiger partial charge in [0.25, 0.3) is 5.91 Å². The van der Waals surface area contributed by atoms with Crippen LogP contribution >= 0.6 is 0 Å². The van der Waals surface area contributed by atoms with Crippen molar-refractivity contribution in [2.45, 2.75) is 26.8 Å². The largest absolute Gasteiger partial charge is 0.497 e. The van der Waals surface area contributed by atoms with E-state index in [2.05, 4.69) is 15.6 Å². The average Bonchev–Trinajstić information content (AvgIpc) is 3.09. The molecule has 0 radical (unpaired) electrons. The summed E-state index contributed by atoms with van der Waals surface area (Å²) in [5.74, 6) is 1.05. The van der Waals surface area contributed by atoms with Gasteiger partial charge in [-0.15, -0.1) is 5.10 Å². The van der Waals surface area contributed by atoms with Crippen LogP contribution in [0.3, 0.4) is 0 Å². The molecule has 0 fully saturated rings. The van der Waals surface area contributed by atoms with Crippen LogP contribution in [0.25, 0.3) is 5.69 Å². The lowest BCUT2D eigenvalue weighted by Gasteiger charge is -2.17. The van der Waals surface area contributed by atoms with Gasteiger partial charge in [-0.25, -0.2) is 4.68 Å². The van der Waals surface area contributed by atoms with Gasteiger partial charge in [0.15, 0.2) is 5.69 Å². The normalized spacial score (nSPS) is 11.8. The topological polar surface area (TPSA) is 78.3 Å². The van der Waals surface area contributed by atoms with Gasteiger partial charge in [0.05, 0.1) is 31.6 Å². The Kier molecular flexibility index (Phi) is 5.63. The Morgan fingerprint density at radius 3 is 2.43 bits per heavy atom. The summed E-state index contributed by atoms with van der Waals surface area (Å²) in [4.78, 5) is 12.8. The van der Waals surface area contributed by atoms with E-state index in [9.17, 15) is 4.79 Å². The third-order valence-corrected chi connectivity index (χ3v) is 4.64. The van der Waals surface area contributed by atoms with E-state index < -0.39 is 0 Å². The van der Waals surface area contributed by atoms with Crippen molar-refractivity contribution in [2.24, 2.45) is 0 Å². The summed E-state index contributed by atoms with van der Waals surface area (Å²) in [6, 6.07) is 13.1. The number of methoxy groups -OCH3 is 2. The third-order valence-electron chi connectivity index (χ3n) is 4.64. The summed E-state index contributed by atoms with van der Waals surface area (Å²) in [6.07, 6.45) is 0. The number of ether oxygens (including phenoxy) is 2. The zero-order valence-corrected chi connectivity index (χ0v) is 16.7. The van der Waals surface area contributed by atoms with Crippen LogP contribution in [0.1, 0.15) is 40.3 Å². The van der Waals surface area contributed by atoms with Crippen LogP contribution in [0, 0.1) is 13.8 Å². The quantitative estimate of drug-likeness (QED) is 0.709. The number of rotatable bonds is 6. The standard InChI is InChI=1S/C21H24N4O3/c1-13-6-8-16(9-7-13)25-15(3)20(23-24-25)21(26)22-14(2)18-11-10-17(27-4)12-19(18)28-5/h6-12,14H,1-5H3,(H,22,26). The average molecular weight is 380 g/mol. The lowest BCUT2D eigenvalue weighted by Crippen LogP contribution is -2.28. The molecule has 2 aromatic carbocycles. The minimum atomic E-state index is -0.291. The molecule has 3 aromatic rings. The van der Waals surface area contributed by atoms with E-state index in [-0.39, 0.29) is 11.9 Å². The molecule has 0 aliphatic rings. The number of aromatic nitrogens is 3. The predicted octanol–water partition coefficient (Wildman–Crippen LogP) is 3.39. The first-order valence-corrected chi connectivity index (χ1v) is 8.96. The second-order valence-electron chi connectivity index (χ2n) is 6.57. The second kappa shape index (κ2) is 8.12. The number of nitrogens with zero attached hydrogens (tertiary/aromatic N) is 3. The van der Waals surface area contributed by atoms with E-state index >= 15 is 0 Å². The third kappa shape index (κ3) is 3.83. The lowest BCUT2D eigenvalue weighted by atomic mass is 10.1. The maximum atomic E-state index is 12.8. The van der Waals surface area contributed by atoms with Gasteiger partial charge in [-0.3, -0.25) is 4.79 Å². The molecule has 1 atom stereocenters. The molecule has 0 saturated heterocycles. The number of nitrogens with one attached hydrogen (secondary N) is 1. The maximum Gasteiger partial charge on any atom is 0.274 e. The molecule has 28 heavy (non-hydrogen) atoms. The molecule has 0 bridgehead atoms. The molecule has 1 unspecified atom stereocenters. The fourth-order valence-electron chi connectivity index (χ4n) is 2.99. The summed E-state index contributed by atoms with van der Waals surface area (Å²) in [6.45, 7) is 5.74. The van der Waals surface area contributed by atoms with Crippen molar-refractivity contribution in [3.05, 3.63) is 65.0 Å². The van der Waals surface area contributed by atoms with Crippen LogP contribution in [0.5, 0.6) is 11.5 Å².